The SMILES string of the molecule is CC1(O)CCN(CC(=O)Nc2c(Cl)cc(N)cc2Cl)CC1. The van der Waals surface area contributed by atoms with Crippen molar-refractivity contribution in [1.82, 2.24) is 4.90 Å². The summed E-state index contributed by atoms with van der Waals surface area (Å²) in [7, 11) is 0. The molecule has 1 amide bonds. The molecule has 116 valence electrons. The van der Waals surface area contributed by atoms with Crippen LogP contribution < -0.4 is 11.1 Å². The Kier molecular flexibility index (Phi) is 4.99. The van der Waals surface area contributed by atoms with E-state index in [9.17, 15) is 9.90 Å². The van der Waals surface area contributed by atoms with Gasteiger partial charge in [-0.15, -0.1) is 0 Å². The van der Waals surface area contributed by atoms with Crippen LogP contribution in [0.15, 0.2) is 12.1 Å². The minimum atomic E-state index is -0.628. The van der Waals surface area contributed by atoms with Gasteiger partial charge in [-0.3, -0.25) is 9.69 Å². The number of hydrogen-bond acceptors (Lipinski definition) is 4. The van der Waals surface area contributed by atoms with Gasteiger partial charge in [0.1, 0.15) is 0 Å². The Hall–Kier alpha value is -1.01. The summed E-state index contributed by atoms with van der Waals surface area (Å²) < 4.78 is 0. The quantitative estimate of drug-likeness (QED) is 0.743. The maximum atomic E-state index is 12.1. The molecule has 0 bridgehead atoms. The Balaban J connectivity index is 1.94. The number of likely N-dealkylation sites (tertiary alicyclic amines) is 1. The fourth-order valence-electron chi connectivity index (χ4n) is 2.29. The number of piperidine rings is 1. The molecule has 0 atom stereocenters. The molecule has 1 heterocycles. The third-order valence-corrected chi connectivity index (χ3v) is 4.23. The van der Waals surface area contributed by atoms with Gasteiger partial charge in [0.25, 0.3) is 0 Å². The molecule has 1 saturated heterocycles. The maximum absolute atomic E-state index is 12.1. The highest BCUT2D eigenvalue weighted by Crippen LogP contribution is 2.32. The number of nitrogen functional groups attached to an aromatic ring is 1. The summed E-state index contributed by atoms with van der Waals surface area (Å²) in [6.45, 7) is 3.43. The number of nitrogens with zero attached hydrogens (tertiary/aromatic N) is 1. The first-order valence-corrected chi connectivity index (χ1v) is 7.51. The molecule has 4 N–H and O–H groups in total. The van der Waals surface area contributed by atoms with Crippen LogP contribution in [0.3, 0.4) is 0 Å². The van der Waals surface area contributed by atoms with Gasteiger partial charge in [-0.1, -0.05) is 23.2 Å². The van der Waals surface area contributed by atoms with E-state index in [1.807, 2.05) is 11.8 Å². The van der Waals surface area contributed by atoms with Gasteiger partial charge in [-0.05, 0) is 31.9 Å². The molecule has 0 aromatic heterocycles. The van der Waals surface area contributed by atoms with E-state index in [0.29, 0.717) is 47.4 Å². The van der Waals surface area contributed by atoms with Crippen molar-refractivity contribution in [3.05, 3.63) is 22.2 Å². The van der Waals surface area contributed by atoms with Crippen LogP contribution in [0.4, 0.5) is 11.4 Å². The minimum absolute atomic E-state index is 0.190. The summed E-state index contributed by atoms with van der Waals surface area (Å²) in [5.74, 6) is -0.190. The predicted molar refractivity (Wildman–Crippen MR) is 85.8 cm³/mol. The number of amides is 1. The number of halogens is 2. The molecule has 2 rings (SSSR count). The van der Waals surface area contributed by atoms with Crippen molar-refractivity contribution < 1.29 is 9.90 Å². The zero-order valence-electron chi connectivity index (χ0n) is 11.8. The normalized spacial score (nSPS) is 18.5. The van der Waals surface area contributed by atoms with Gasteiger partial charge in [-0.2, -0.15) is 0 Å². The zero-order valence-corrected chi connectivity index (χ0v) is 13.3. The number of nitrogens with one attached hydrogen (secondary N) is 1. The fraction of sp³-hybridized carbons (Fsp3) is 0.500. The highest BCUT2D eigenvalue weighted by Gasteiger charge is 2.28. The Morgan fingerprint density at radius 1 is 1.38 bits per heavy atom. The summed E-state index contributed by atoms with van der Waals surface area (Å²) in [6, 6.07) is 3.09. The number of rotatable bonds is 3. The first-order chi connectivity index (χ1) is 9.77. The molecular weight excluding hydrogens is 313 g/mol. The van der Waals surface area contributed by atoms with Crippen molar-refractivity contribution in [2.24, 2.45) is 0 Å². The second-order valence-corrected chi connectivity index (χ2v) is 6.50. The summed E-state index contributed by atoms with van der Waals surface area (Å²) in [4.78, 5) is 14.1. The number of aliphatic hydroxyl groups is 1. The van der Waals surface area contributed by atoms with Crippen molar-refractivity contribution in [3.8, 4) is 0 Å². The van der Waals surface area contributed by atoms with Crippen molar-refractivity contribution in [2.75, 3.05) is 30.7 Å². The molecule has 1 aliphatic rings. The van der Waals surface area contributed by atoms with Gasteiger partial charge in [0, 0.05) is 18.8 Å². The monoisotopic (exact) mass is 331 g/mol. The summed E-state index contributed by atoms with van der Waals surface area (Å²) in [6.07, 6.45) is 1.31. The molecule has 21 heavy (non-hydrogen) atoms. The first-order valence-electron chi connectivity index (χ1n) is 6.76. The van der Waals surface area contributed by atoms with E-state index in [-0.39, 0.29) is 12.5 Å². The van der Waals surface area contributed by atoms with Crippen LogP contribution >= 0.6 is 23.2 Å². The highest BCUT2D eigenvalue weighted by molar-refractivity contribution is 6.40. The molecule has 0 aliphatic carbocycles. The lowest BCUT2D eigenvalue weighted by Crippen LogP contribution is -2.45. The molecule has 5 nitrogen and oxygen atoms in total. The predicted octanol–water partition coefficient (Wildman–Crippen LogP) is 2.36. The Labute approximate surface area is 134 Å². The standard InChI is InChI=1S/C14H19Cl2N3O2/c1-14(21)2-4-19(5-3-14)8-12(20)18-13-10(15)6-9(17)7-11(13)16/h6-7,21H,2-5,8,17H2,1H3,(H,18,20). The van der Waals surface area contributed by atoms with E-state index in [1.165, 1.54) is 0 Å². The highest BCUT2D eigenvalue weighted by atomic mass is 35.5. The van der Waals surface area contributed by atoms with Gasteiger partial charge >= 0.3 is 0 Å². The number of carbonyl (C=O) groups is 1. The zero-order chi connectivity index (χ0) is 15.6. The second kappa shape index (κ2) is 6.40. The molecule has 0 unspecified atom stereocenters. The minimum Gasteiger partial charge on any atom is -0.399 e. The largest absolute Gasteiger partial charge is 0.399 e. The van der Waals surface area contributed by atoms with Gasteiger partial charge in [-0.25, -0.2) is 0 Å². The Morgan fingerprint density at radius 2 is 1.90 bits per heavy atom. The maximum Gasteiger partial charge on any atom is 0.238 e. The Bertz CT molecular complexity index is 516. The average Bonchev–Trinajstić information content (AvgIpc) is 2.36. The molecule has 0 saturated carbocycles. The molecule has 1 fully saturated rings. The van der Waals surface area contributed by atoms with E-state index in [1.54, 1.807) is 12.1 Å². The lowest BCUT2D eigenvalue weighted by atomic mass is 9.94. The van der Waals surface area contributed by atoms with Crippen LogP contribution in [0.25, 0.3) is 0 Å². The number of hydrogen-bond donors (Lipinski definition) is 3. The molecular formula is C14H19Cl2N3O2. The van der Waals surface area contributed by atoms with Gasteiger partial charge in [0.15, 0.2) is 0 Å². The number of anilines is 2. The van der Waals surface area contributed by atoms with Gasteiger partial charge in [0.2, 0.25) is 5.91 Å². The number of nitrogens with two attached hydrogens (primary N) is 1. The van der Waals surface area contributed by atoms with Crippen LogP contribution in [0.1, 0.15) is 19.8 Å². The van der Waals surface area contributed by atoms with Crippen molar-refractivity contribution in [1.29, 1.82) is 0 Å². The van der Waals surface area contributed by atoms with Crippen LogP contribution in [-0.2, 0) is 4.79 Å². The van der Waals surface area contributed by atoms with E-state index < -0.39 is 5.60 Å². The molecule has 0 radical (unpaired) electrons. The summed E-state index contributed by atoms with van der Waals surface area (Å²) in [5.41, 5.74) is 5.81. The molecule has 1 aromatic rings. The first kappa shape index (κ1) is 16.4. The van der Waals surface area contributed by atoms with E-state index in [2.05, 4.69) is 5.32 Å². The van der Waals surface area contributed by atoms with E-state index in [4.69, 9.17) is 28.9 Å². The van der Waals surface area contributed by atoms with Crippen LogP contribution in [0.2, 0.25) is 10.0 Å². The summed E-state index contributed by atoms with van der Waals surface area (Å²) in [5, 5.41) is 13.2. The number of benzene rings is 1. The lowest BCUT2D eigenvalue weighted by Gasteiger charge is -2.35. The second-order valence-electron chi connectivity index (χ2n) is 5.68. The van der Waals surface area contributed by atoms with Crippen LogP contribution in [0.5, 0.6) is 0 Å². The van der Waals surface area contributed by atoms with Crippen molar-refractivity contribution in [2.45, 2.75) is 25.4 Å². The van der Waals surface area contributed by atoms with Gasteiger partial charge in [0.05, 0.1) is 27.9 Å². The molecule has 7 heteroatoms. The van der Waals surface area contributed by atoms with Gasteiger partial charge < -0.3 is 16.2 Å². The third-order valence-electron chi connectivity index (χ3n) is 3.63. The smallest absolute Gasteiger partial charge is 0.238 e. The third kappa shape index (κ3) is 4.48. The van der Waals surface area contributed by atoms with Crippen molar-refractivity contribution >= 4 is 40.5 Å². The lowest BCUT2D eigenvalue weighted by molar-refractivity contribution is -0.118. The fourth-order valence-corrected chi connectivity index (χ4v) is 2.89. The molecule has 1 aromatic carbocycles. The molecule has 0 spiro atoms. The topological polar surface area (TPSA) is 78.6 Å². The number of carbonyl (C=O) groups excluding carboxylic acids is 1. The van der Waals surface area contributed by atoms with Crippen molar-refractivity contribution in [3.63, 3.8) is 0 Å². The van der Waals surface area contributed by atoms with E-state index in [0.717, 1.165) is 0 Å². The average molecular weight is 332 g/mol. The molecule has 1 aliphatic heterocycles. The Morgan fingerprint density at radius 3 is 2.43 bits per heavy atom. The van der Waals surface area contributed by atoms with E-state index >= 15 is 0 Å². The van der Waals surface area contributed by atoms with Crippen LogP contribution in [0, 0.1) is 0 Å². The summed E-state index contributed by atoms with van der Waals surface area (Å²) >= 11 is 12.1. The van der Waals surface area contributed by atoms with Crippen LogP contribution in [-0.4, -0.2) is 41.1 Å².